The summed E-state index contributed by atoms with van der Waals surface area (Å²) in [4.78, 5) is 10.3. The van der Waals surface area contributed by atoms with Gasteiger partial charge in [0.05, 0.1) is 4.92 Å². The zero-order chi connectivity index (χ0) is 13.7. The lowest BCUT2D eigenvalue weighted by atomic mass is 10.1. The van der Waals surface area contributed by atoms with Crippen LogP contribution in [-0.2, 0) is 0 Å². The number of para-hydroxylation sites is 1. The Morgan fingerprint density at radius 3 is 2.32 bits per heavy atom. The highest BCUT2D eigenvalue weighted by atomic mass is 16.6. The van der Waals surface area contributed by atoms with Gasteiger partial charge in [0, 0.05) is 11.3 Å². The third kappa shape index (κ3) is 3.67. The molecule has 4 nitrogen and oxygen atoms in total. The van der Waals surface area contributed by atoms with E-state index in [1.807, 2.05) is 61.5 Å². The molecule has 0 saturated heterocycles. The maximum Gasteiger partial charge on any atom is 0.258 e. The molecule has 0 radical (unpaired) electrons. The highest BCUT2D eigenvalue weighted by molar-refractivity contribution is 5.76. The van der Waals surface area contributed by atoms with E-state index in [0.29, 0.717) is 5.70 Å². The fourth-order valence-corrected chi connectivity index (χ4v) is 1.69. The minimum absolute atomic E-state index is 0.453. The molecule has 0 fully saturated rings. The molecule has 1 N–H and O–H groups in total. The van der Waals surface area contributed by atoms with Crippen LogP contribution in [0.5, 0.6) is 0 Å². The summed E-state index contributed by atoms with van der Waals surface area (Å²) in [6.07, 6.45) is 0.984. The topological polar surface area (TPSA) is 55.2 Å². The van der Waals surface area contributed by atoms with Crippen LogP contribution in [0, 0.1) is 17.0 Å². The third-order valence-corrected chi connectivity index (χ3v) is 2.65. The van der Waals surface area contributed by atoms with E-state index in [-0.39, 0.29) is 0 Å². The van der Waals surface area contributed by atoms with Crippen molar-refractivity contribution in [1.29, 1.82) is 0 Å². The van der Waals surface area contributed by atoms with Gasteiger partial charge in [0.15, 0.2) is 0 Å². The van der Waals surface area contributed by atoms with E-state index in [2.05, 4.69) is 5.32 Å². The highest BCUT2D eigenvalue weighted by Gasteiger charge is 2.06. The average Bonchev–Trinajstić information content (AvgIpc) is 2.39. The zero-order valence-electron chi connectivity index (χ0n) is 10.5. The Bertz CT molecular complexity index is 589. The Hall–Kier alpha value is -2.62. The van der Waals surface area contributed by atoms with Crippen LogP contribution >= 0.6 is 0 Å². The van der Waals surface area contributed by atoms with Gasteiger partial charge < -0.3 is 5.32 Å². The molecule has 2 aromatic carbocycles. The van der Waals surface area contributed by atoms with Crippen molar-refractivity contribution < 1.29 is 4.92 Å². The van der Waals surface area contributed by atoms with Gasteiger partial charge in [0.25, 0.3) is 6.20 Å². The summed E-state index contributed by atoms with van der Waals surface area (Å²) in [5.74, 6) is 0. The van der Waals surface area contributed by atoms with Crippen LogP contribution in [0.3, 0.4) is 0 Å². The maximum atomic E-state index is 10.7. The molecule has 19 heavy (non-hydrogen) atoms. The molecule has 0 amide bonds. The first kappa shape index (κ1) is 12.8. The van der Waals surface area contributed by atoms with Crippen molar-refractivity contribution in [1.82, 2.24) is 0 Å². The molecule has 0 unspecified atom stereocenters. The highest BCUT2D eigenvalue weighted by Crippen LogP contribution is 2.18. The van der Waals surface area contributed by atoms with Crippen LogP contribution < -0.4 is 5.32 Å². The van der Waals surface area contributed by atoms with Crippen molar-refractivity contribution >= 4 is 11.4 Å². The van der Waals surface area contributed by atoms with Crippen LogP contribution in [0.15, 0.2) is 60.8 Å². The van der Waals surface area contributed by atoms with Crippen molar-refractivity contribution in [3.05, 3.63) is 82.0 Å². The number of rotatable bonds is 4. The zero-order valence-corrected chi connectivity index (χ0v) is 10.5. The van der Waals surface area contributed by atoms with E-state index in [1.165, 1.54) is 0 Å². The smallest absolute Gasteiger partial charge is 0.258 e. The molecule has 0 aromatic heterocycles. The van der Waals surface area contributed by atoms with Crippen LogP contribution in [0.25, 0.3) is 5.70 Å². The van der Waals surface area contributed by atoms with Gasteiger partial charge in [-0.1, -0.05) is 48.0 Å². The average molecular weight is 254 g/mol. The molecule has 0 saturated carbocycles. The van der Waals surface area contributed by atoms with Crippen molar-refractivity contribution in [2.45, 2.75) is 6.92 Å². The normalized spacial score (nSPS) is 11.1. The van der Waals surface area contributed by atoms with Gasteiger partial charge in [-0.3, -0.25) is 10.1 Å². The molecule has 0 aliphatic heterocycles. The monoisotopic (exact) mass is 254 g/mol. The SMILES string of the molecule is Cc1ccc(/C(=C\[N+](=O)[O-])Nc2ccccc2)cc1. The predicted octanol–water partition coefficient (Wildman–Crippen LogP) is 3.68. The number of benzene rings is 2. The second kappa shape index (κ2) is 5.82. The van der Waals surface area contributed by atoms with Gasteiger partial charge in [0.1, 0.15) is 5.70 Å². The molecule has 2 aromatic rings. The van der Waals surface area contributed by atoms with Crippen molar-refractivity contribution in [2.24, 2.45) is 0 Å². The predicted molar refractivity (Wildman–Crippen MR) is 76.2 cm³/mol. The number of hydrogen-bond acceptors (Lipinski definition) is 3. The Balaban J connectivity index is 2.32. The summed E-state index contributed by atoms with van der Waals surface area (Å²) < 4.78 is 0. The molecule has 2 rings (SSSR count). The maximum absolute atomic E-state index is 10.7. The Morgan fingerprint density at radius 2 is 1.74 bits per heavy atom. The van der Waals surface area contributed by atoms with Gasteiger partial charge in [0.2, 0.25) is 0 Å². The summed E-state index contributed by atoms with van der Waals surface area (Å²) in [6.45, 7) is 1.98. The lowest BCUT2D eigenvalue weighted by Gasteiger charge is -2.09. The molecule has 0 spiro atoms. The summed E-state index contributed by atoms with van der Waals surface area (Å²) in [5.41, 5.74) is 3.18. The van der Waals surface area contributed by atoms with Gasteiger partial charge in [-0.2, -0.15) is 0 Å². The van der Waals surface area contributed by atoms with E-state index in [0.717, 1.165) is 23.0 Å². The minimum Gasteiger partial charge on any atom is -0.350 e. The summed E-state index contributed by atoms with van der Waals surface area (Å²) >= 11 is 0. The number of nitrogens with zero attached hydrogens (tertiary/aromatic N) is 1. The van der Waals surface area contributed by atoms with E-state index in [4.69, 9.17) is 0 Å². The fourth-order valence-electron chi connectivity index (χ4n) is 1.69. The standard InChI is InChI=1S/C15H14N2O2/c1-12-7-9-13(10-8-12)15(11-17(18)19)16-14-5-3-2-4-6-14/h2-11,16H,1H3/b15-11+. The molecular weight excluding hydrogens is 240 g/mol. The van der Waals surface area contributed by atoms with Crippen LogP contribution in [0.1, 0.15) is 11.1 Å². The summed E-state index contributed by atoms with van der Waals surface area (Å²) in [6, 6.07) is 17.0. The Morgan fingerprint density at radius 1 is 1.11 bits per heavy atom. The first-order valence-electron chi connectivity index (χ1n) is 5.89. The Kier molecular flexibility index (Phi) is 3.93. The van der Waals surface area contributed by atoms with E-state index < -0.39 is 4.92 Å². The summed E-state index contributed by atoms with van der Waals surface area (Å²) in [7, 11) is 0. The number of hydrogen-bond donors (Lipinski definition) is 1. The molecule has 0 atom stereocenters. The molecule has 0 aliphatic carbocycles. The van der Waals surface area contributed by atoms with Crippen LogP contribution in [-0.4, -0.2) is 4.92 Å². The van der Waals surface area contributed by atoms with Gasteiger partial charge in [-0.05, 0) is 19.1 Å². The van der Waals surface area contributed by atoms with Gasteiger partial charge in [-0.25, -0.2) is 0 Å². The quantitative estimate of drug-likeness (QED) is 0.668. The first-order valence-corrected chi connectivity index (χ1v) is 5.89. The second-order valence-electron chi connectivity index (χ2n) is 4.19. The van der Waals surface area contributed by atoms with Crippen LogP contribution in [0.4, 0.5) is 5.69 Å². The number of nitro groups is 1. The number of anilines is 1. The molecule has 0 bridgehead atoms. The third-order valence-electron chi connectivity index (χ3n) is 2.65. The van der Waals surface area contributed by atoms with Gasteiger partial charge in [-0.15, -0.1) is 0 Å². The van der Waals surface area contributed by atoms with E-state index in [9.17, 15) is 10.1 Å². The molecular formula is C15H14N2O2. The van der Waals surface area contributed by atoms with Crippen LogP contribution in [0.2, 0.25) is 0 Å². The Labute approximate surface area is 111 Å². The first-order chi connectivity index (χ1) is 9.15. The lowest BCUT2D eigenvalue weighted by molar-refractivity contribution is -0.401. The summed E-state index contributed by atoms with van der Waals surface area (Å²) in [5, 5.41) is 13.8. The molecule has 0 aliphatic rings. The van der Waals surface area contributed by atoms with E-state index >= 15 is 0 Å². The van der Waals surface area contributed by atoms with E-state index in [1.54, 1.807) is 0 Å². The minimum atomic E-state index is -0.453. The number of aryl methyl sites for hydroxylation is 1. The largest absolute Gasteiger partial charge is 0.350 e. The van der Waals surface area contributed by atoms with Crippen molar-refractivity contribution in [3.8, 4) is 0 Å². The molecule has 96 valence electrons. The lowest BCUT2D eigenvalue weighted by Crippen LogP contribution is -2.01. The fraction of sp³-hybridized carbons (Fsp3) is 0.0667. The number of nitrogens with one attached hydrogen (secondary N) is 1. The van der Waals surface area contributed by atoms with Gasteiger partial charge >= 0.3 is 0 Å². The van der Waals surface area contributed by atoms with Crippen molar-refractivity contribution in [3.63, 3.8) is 0 Å². The second-order valence-corrected chi connectivity index (χ2v) is 4.19. The molecule has 0 heterocycles. The molecule has 4 heteroatoms. The van der Waals surface area contributed by atoms with Crippen molar-refractivity contribution in [2.75, 3.05) is 5.32 Å².